The number of fused-ring (bicyclic) bond motifs is 1. The molecule has 5 atom stereocenters. The van der Waals surface area contributed by atoms with E-state index in [1.165, 1.54) is 24.1 Å². The lowest BCUT2D eigenvalue weighted by Gasteiger charge is -2.38. The summed E-state index contributed by atoms with van der Waals surface area (Å²) in [5, 5.41) is 2.94. The van der Waals surface area contributed by atoms with Crippen LogP contribution in [-0.4, -0.2) is 65.5 Å². The Morgan fingerprint density at radius 2 is 1.66 bits per heavy atom. The molecule has 1 N–H and O–H groups in total. The van der Waals surface area contributed by atoms with E-state index < -0.39 is 29.5 Å². The van der Waals surface area contributed by atoms with E-state index in [1.54, 1.807) is 19.1 Å². The van der Waals surface area contributed by atoms with Gasteiger partial charge in [0.15, 0.2) is 0 Å². The number of hydrogen-bond donors (Lipinski definition) is 1. The molecule has 41 heavy (non-hydrogen) atoms. The predicted octanol–water partition coefficient (Wildman–Crippen LogP) is 4.91. The third-order valence-corrected chi connectivity index (χ3v) is 8.30. The molecule has 222 valence electrons. The Bertz CT molecular complexity index is 1200. The highest BCUT2D eigenvalue weighted by atomic mass is 19.1. The summed E-state index contributed by atoms with van der Waals surface area (Å²) in [4.78, 5) is 43.1. The Kier molecular flexibility index (Phi) is 9.68. The largest absolute Gasteiger partial charge is 0.445 e. The second kappa shape index (κ2) is 13.0. The van der Waals surface area contributed by atoms with Crippen LogP contribution in [-0.2, 0) is 32.3 Å². The van der Waals surface area contributed by atoms with Gasteiger partial charge in [-0.1, -0.05) is 63.2 Å². The van der Waals surface area contributed by atoms with Crippen LogP contribution < -0.4 is 5.32 Å². The molecule has 8 nitrogen and oxygen atoms in total. The normalized spacial score (nSPS) is 21.6. The van der Waals surface area contributed by atoms with E-state index in [4.69, 9.17) is 9.47 Å². The van der Waals surface area contributed by atoms with E-state index in [1.807, 2.05) is 56.0 Å². The first-order chi connectivity index (χ1) is 19.5. The van der Waals surface area contributed by atoms with Crippen molar-refractivity contribution in [3.8, 4) is 0 Å². The summed E-state index contributed by atoms with van der Waals surface area (Å²) in [5.41, 5.74) is 1.16. The minimum Gasteiger partial charge on any atom is -0.445 e. The number of likely N-dealkylation sites (N-methyl/N-ethyl adjacent to an activating group) is 1. The Balaban J connectivity index is 1.39. The summed E-state index contributed by atoms with van der Waals surface area (Å²) in [6.45, 7) is 8.43. The van der Waals surface area contributed by atoms with Gasteiger partial charge in [-0.2, -0.15) is 0 Å². The van der Waals surface area contributed by atoms with Gasteiger partial charge in [0.1, 0.15) is 24.5 Å². The van der Waals surface area contributed by atoms with E-state index >= 15 is 0 Å². The molecule has 9 heteroatoms. The Hall–Kier alpha value is -3.46. The first-order valence-corrected chi connectivity index (χ1v) is 14.4. The van der Waals surface area contributed by atoms with Gasteiger partial charge in [0.25, 0.3) is 0 Å². The molecule has 4 rings (SSSR count). The van der Waals surface area contributed by atoms with Crippen LogP contribution in [0.25, 0.3) is 0 Å². The predicted molar refractivity (Wildman–Crippen MR) is 153 cm³/mol. The zero-order valence-electron chi connectivity index (χ0n) is 24.6. The van der Waals surface area contributed by atoms with Crippen LogP contribution in [0.3, 0.4) is 0 Å². The quantitative estimate of drug-likeness (QED) is 0.465. The average Bonchev–Trinajstić information content (AvgIpc) is 3.55. The number of carbonyl (C=O) groups excluding carboxylic acids is 3. The lowest BCUT2D eigenvalue weighted by molar-refractivity contribution is -0.143. The van der Waals surface area contributed by atoms with Crippen LogP contribution in [0.5, 0.6) is 0 Å². The van der Waals surface area contributed by atoms with Crippen molar-refractivity contribution in [2.75, 3.05) is 13.6 Å². The number of likely N-dealkylation sites (tertiary alicyclic amines) is 1. The van der Waals surface area contributed by atoms with Gasteiger partial charge < -0.3 is 19.7 Å². The summed E-state index contributed by atoms with van der Waals surface area (Å²) >= 11 is 0. The average molecular weight is 568 g/mol. The van der Waals surface area contributed by atoms with Gasteiger partial charge >= 0.3 is 6.09 Å². The zero-order valence-corrected chi connectivity index (χ0v) is 24.6. The SMILES string of the molecule is C[C@@H](C(=O)N[C@H](C(=O)N1CC[C@H]2CC[C@H](OCc3ccc(F)cc3)[C@H]21)C(C)(C)C)N(C)C(=O)OCc1ccccc1. The third kappa shape index (κ3) is 7.44. The van der Waals surface area contributed by atoms with Crippen LogP contribution in [0.1, 0.15) is 58.1 Å². The lowest BCUT2D eigenvalue weighted by Crippen LogP contribution is -2.59. The number of ether oxygens (including phenoxy) is 2. The fraction of sp³-hybridized carbons (Fsp3) is 0.531. The molecule has 1 heterocycles. The minimum atomic E-state index is -0.847. The molecular weight excluding hydrogens is 525 g/mol. The summed E-state index contributed by atoms with van der Waals surface area (Å²) in [6.07, 6.45) is 1.97. The van der Waals surface area contributed by atoms with Crippen molar-refractivity contribution < 1.29 is 28.2 Å². The Morgan fingerprint density at radius 1 is 1.00 bits per heavy atom. The lowest BCUT2D eigenvalue weighted by atomic mass is 9.85. The van der Waals surface area contributed by atoms with Crippen molar-refractivity contribution in [3.63, 3.8) is 0 Å². The van der Waals surface area contributed by atoms with E-state index in [0.29, 0.717) is 19.1 Å². The number of amides is 3. The molecular formula is C32H42FN3O5. The molecule has 0 unspecified atom stereocenters. The molecule has 0 spiro atoms. The van der Waals surface area contributed by atoms with Crippen molar-refractivity contribution >= 4 is 17.9 Å². The number of nitrogens with one attached hydrogen (secondary N) is 1. The highest BCUT2D eigenvalue weighted by molar-refractivity contribution is 5.91. The standard InChI is InChI=1S/C32H42FN3O5/c1-21(35(5)31(39)41-20-22-9-7-6-8-10-22)29(37)34-28(32(2,3)4)30(38)36-18-17-24-13-16-26(27(24)36)40-19-23-11-14-25(33)15-12-23/h6-12,14-15,21,24,26-28H,13,16-20H2,1-5H3,(H,34,37)/t21-,24+,26-,27-,28+/m0/s1. The van der Waals surface area contributed by atoms with Gasteiger partial charge in [-0.15, -0.1) is 0 Å². The molecule has 0 bridgehead atoms. The molecule has 3 amide bonds. The third-order valence-electron chi connectivity index (χ3n) is 8.30. The maximum Gasteiger partial charge on any atom is 0.410 e. The van der Waals surface area contributed by atoms with Crippen molar-refractivity contribution in [1.29, 1.82) is 0 Å². The summed E-state index contributed by atoms with van der Waals surface area (Å²) in [7, 11) is 1.51. The van der Waals surface area contributed by atoms with Crippen molar-refractivity contribution in [3.05, 3.63) is 71.5 Å². The van der Waals surface area contributed by atoms with Gasteiger partial charge in [0.2, 0.25) is 11.8 Å². The first kappa shape index (κ1) is 30.5. The van der Waals surface area contributed by atoms with Crippen molar-refractivity contribution in [2.45, 2.75) is 84.4 Å². The Labute approximate surface area is 242 Å². The van der Waals surface area contributed by atoms with Crippen molar-refractivity contribution in [1.82, 2.24) is 15.1 Å². The first-order valence-electron chi connectivity index (χ1n) is 14.4. The van der Waals surface area contributed by atoms with Gasteiger partial charge in [-0.05, 0) is 60.8 Å². The number of halogens is 1. The molecule has 1 aliphatic heterocycles. The fourth-order valence-corrected chi connectivity index (χ4v) is 5.70. The van der Waals surface area contributed by atoms with Gasteiger partial charge in [-0.3, -0.25) is 14.5 Å². The van der Waals surface area contributed by atoms with Crippen molar-refractivity contribution in [2.24, 2.45) is 11.3 Å². The second-order valence-corrected chi connectivity index (χ2v) is 12.3. The highest BCUT2D eigenvalue weighted by Gasteiger charge is 2.49. The zero-order chi connectivity index (χ0) is 29.7. The number of hydrogen-bond acceptors (Lipinski definition) is 5. The molecule has 0 radical (unpaired) electrons. The number of rotatable bonds is 9. The summed E-state index contributed by atoms with van der Waals surface area (Å²) in [5.74, 6) is -0.513. The highest BCUT2D eigenvalue weighted by Crippen LogP contribution is 2.41. The van der Waals surface area contributed by atoms with E-state index in [-0.39, 0.29) is 30.5 Å². The van der Waals surface area contributed by atoms with Gasteiger partial charge in [-0.25, -0.2) is 9.18 Å². The number of benzene rings is 2. The molecule has 0 aromatic heterocycles. The molecule has 2 aromatic carbocycles. The molecule has 2 aromatic rings. The minimum absolute atomic E-state index is 0.0715. The Morgan fingerprint density at radius 3 is 2.32 bits per heavy atom. The topological polar surface area (TPSA) is 88.2 Å². The second-order valence-electron chi connectivity index (χ2n) is 12.3. The van der Waals surface area contributed by atoms with E-state index in [0.717, 1.165) is 30.4 Å². The maximum atomic E-state index is 14.0. The van der Waals surface area contributed by atoms with Gasteiger partial charge in [0, 0.05) is 13.6 Å². The van der Waals surface area contributed by atoms with Gasteiger partial charge in [0.05, 0.1) is 18.8 Å². The monoisotopic (exact) mass is 567 g/mol. The molecule has 1 saturated heterocycles. The maximum absolute atomic E-state index is 14.0. The molecule has 2 fully saturated rings. The van der Waals surface area contributed by atoms with Crippen LogP contribution in [0.15, 0.2) is 54.6 Å². The summed E-state index contributed by atoms with van der Waals surface area (Å²) < 4.78 is 24.9. The molecule has 1 aliphatic carbocycles. The number of nitrogens with zero attached hydrogens (tertiary/aromatic N) is 2. The summed E-state index contributed by atoms with van der Waals surface area (Å²) in [6, 6.07) is 13.9. The van der Waals surface area contributed by atoms with E-state index in [9.17, 15) is 18.8 Å². The van der Waals surface area contributed by atoms with E-state index in [2.05, 4.69) is 5.32 Å². The van der Waals surface area contributed by atoms with Crippen LogP contribution >= 0.6 is 0 Å². The number of carbonyl (C=O) groups is 3. The molecule has 1 saturated carbocycles. The van der Waals surface area contributed by atoms with Crippen LogP contribution in [0.2, 0.25) is 0 Å². The molecule has 2 aliphatic rings. The van der Waals surface area contributed by atoms with Crippen LogP contribution in [0.4, 0.5) is 9.18 Å². The fourth-order valence-electron chi connectivity index (χ4n) is 5.70. The smallest absolute Gasteiger partial charge is 0.410 e. The van der Waals surface area contributed by atoms with Crippen LogP contribution in [0, 0.1) is 17.2 Å².